The number of halogens is 1. The molecule has 0 radical (unpaired) electrons. The highest BCUT2D eigenvalue weighted by molar-refractivity contribution is 7.98. The number of nitrogen functional groups attached to an aromatic ring is 1. The van der Waals surface area contributed by atoms with Gasteiger partial charge in [-0.3, -0.25) is 0 Å². The monoisotopic (exact) mass is 373 g/mol. The Hall–Kier alpha value is -1.98. The third-order valence-corrected chi connectivity index (χ3v) is 5.69. The quantitative estimate of drug-likeness (QED) is 0.618. The summed E-state index contributed by atoms with van der Waals surface area (Å²) in [5, 5.41) is 4.57. The maximum Gasteiger partial charge on any atom is 0.236 e. The maximum absolute atomic E-state index is 6.27. The number of hydrogen-bond acceptors (Lipinski definition) is 5. The summed E-state index contributed by atoms with van der Waals surface area (Å²) in [7, 11) is 0. The van der Waals surface area contributed by atoms with Crippen LogP contribution < -0.4 is 5.73 Å². The molecule has 3 rings (SSSR count). The molecule has 0 spiro atoms. The normalized spacial score (nSPS) is 12.3. The number of benzene rings is 2. The molecule has 25 heavy (non-hydrogen) atoms. The first-order chi connectivity index (χ1) is 12.0. The molecule has 0 aliphatic rings. The summed E-state index contributed by atoms with van der Waals surface area (Å²) >= 11 is 7.94. The molecule has 1 aromatic heterocycles. The standard InChI is InChI=1S/C19H20ClN3OS/c1-11-5-4-6-15(12(11)2)19(16-9-14(20)7-8-17(16)21)25-10-18-22-13(3)23-24-18/h4-9,19H,10,21H2,1-3H3. The number of hydrogen-bond donors (Lipinski definition) is 1. The topological polar surface area (TPSA) is 64.9 Å². The van der Waals surface area contributed by atoms with Gasteiger partial charge in [0.15, 0.2) is 5.82 Å². The van der Waals surface area contributed by atoms with E-state index in [-0.39, 0.29) is 5.25 Å². The highest BCUT2D eigenvalue weighted by Gasteiger charge is 2.21. The second kappa shape index (κ2) is 7.50. The van der Waals surface area contributed by atoms with E-state index in [2.05, 4.69) is 42.2 Å². The fourth-order valence-electron chi connectivity index (χ4n) is 2.73. The van der Waals surface area contributed by atoms with Crippen LogP contribution in [-0.4, -0.2) is 10.1 Å². The van der Waals surface area contributed by atoms with Crippen molar-refractivity contribution in [2.45, 2.75) is 31.8 Å². The van der Waals surface area contributed by atoms with E-state index >= 15 is 0 Å². The summed E-state index contributed by atoms with van der Waals surface area (Å²) < 4.78 is 5.26. The van der Waals surface area contributed by atoms with E-state index in [0.717, 1.165) is 11.3 Å². The van der Waals surface area contributed by atoms with Crippen molar-refractivity contribution in [2.75, 3.05) is 5.73 Å². The lowest BCUT2D eigenvalue weighted by atomic mass is 9.96. The van der Waals surface area contributed by atoms with Gasteiger partial charge in [0.2, 0.25) is 5.89 Å². The Morgan fingerprint density at radius 1 is 1.16 bits per heavy atom. The van der Waals surface area contributed by atoms with Crippen molar-refractivity contribution < 1.29 is 4.52 Å². The first kappa shape index (κ1) is 17.8. The van der Waals surface area contributed by atoms with Gasteiger partial charge in [-0.25, -0.2) is 0 Å². The number of aromatic nitrogens is 2. The Morgan fingerprint density at radius 3 is 2.68 bits per heavy atom. The van der Waals surface area contributed by atoms with Crippen LogP contribution in [0.4, 0.5) is 5.69 Å². The van der Waals surface area contributed by atoms with Crippen molar-refractivity contribution in [2.24, 2.45) is 0 Å². The summed E-state index contributed by atoms with van der Waals surface area (Å²) in [6.07, 6.45) is 0. The van der Waals surface area contributed by atoms with E-state index in [4.69, 9.17) is 21.9 Å². The number of anilines is 1. The molecule has 0 saturated heterocycles. The van der Waals surface area contributed by atoms with Gasteiger partial charge in [-0.2, -0.15) is 4.98 Å². The van der Waals surface area contributed by atoms with Gasteiger partial charge in [0.05, 0.1) is 11.0 Å². The zero-order valence-electron chi connectivity index (χ0n) is 14.4. The van der Waals surface area contributed by atoms with Crippen LogP contribution in [-0.2, 0) is 5.75 Å². The van der Waals surface area contributed by atoms with Crippen LogP contribution in [0.3, 0.4) is 0 Å². The Bertz CT molecular complexity index is 892. The number of nitrogens with two attached hydrogens (primary N) is 1. The Morgan fingerprint density at radius 2 is 1.96 bits per heavy atom. The highest BCUT2D eigenvalue weighted by atomic mass is 35.5. The third-order valence-electron chi connectivity index (χ3n) is 4.20. The average Bonchev–Trinajstić information content (AvgIpc) is 3.00. The van der Waals surface area contributed by atoms with Crippen molar-refractivity contribution in [1.29, 1.82) is 0 Å². The van der Waals surface area contributed by atoms with Crippen LogP contribution in [0.15, 0.2) is 40.9 Å². The Kier molecular flexibility index (Phi) is 5.35. The molecule has 3 aromatic rings. The molecule has 0 fully saturated rings. The SMILES string of the molecule is Cc1noc(CSC(c2cc(Cl)ccc2N)c2cccc(C)c2C)n1. The molecule has 1 atom stereocenters. The molecular formula is C19H20ClN3OS. The van der Waals surface area contributed by atoms with Gasteiger partial charge in [0, 0.05) is 10.7 Å². The first-order valence-electron chi connectivity index (χ1n) is 7.97. The van der Waals surface area contributed by atoms with Gasteiger partial charge in [0.25, 0.3) is 0 Å². The summed E-state index contributed by atoms with van der Waals surface area (Å²) in [5.41, 5.74) is 11.7. The second-order valence-electron chi connectivity index (χ2n) is 5.99. The van der Waals surface area contributed by atoms with Crippen molar-refractivity contribution in [3.63, 3.8) is 0 Å². The van der Waals surface area contributed by atoms with Crippen molar-refractivity contribution in [1.82, 2.24) is 10.1 Å². The zero-order valence-corrected chi connectivity index (χ0v) is 16.0. The van der Waals surface area contributed by atoms with Crippen LogP contribution >= 0.6 is 23.4 Å². The van der Waals surface area contributed by atoms with Gasteiger partial charge in [-0.15, -0.1) is 11.8 Å². The largest absolute Gasteiger partial charge is 0.398 e. The molecule has 0 amide bonds. The highest BCUT2D eigenvalue weighted by Crippen LogP contribution is 2.42. The van der Waals surface area contributed by atoms with E-state index in [9.17, 15) is 0 Å². The predicted octanol–water partition coefficient (Wildman–Crippen LogP) is 5.25. The van der Waals surface area contributed by atoms with Crippen LogP contribution in [0.25, 0.3) is 0 Å². The summed E-state index contributed by atoms with van der Waals surface area (Å²) in [5.74, 6) is 1.85. The van der Waals surface area contributed by atoms with E-state index in [1.54, 1.807) is 11.8 Å². The van der Waals surface area contributed by atoms with E-state index in [1.807, 2.05) is 25.1 Å². The Labute approximate surface area is 156 Å². The minimum Gasteiger partial charge on any atom is -0.398 e. The molecular weight excluding hydrogens is 354 g/mol. The second-order valence-corrected chi connectivity index (χ2v) is 7.52. The van der Waals surface area contributed by atoms with Crippen molar-refractivity contribution >= 4 is 29.1 Å². The predicted molar refractivity (Wildman–Crippen MR) is 104 cm³/mol. The lowest BCUT2D eigenvalue weighted by molar-refractivity contribution is 0.387. The first-order valence-corrected chi connectivity index (χ1v) is 9.40. The molecule has 0 aliphatic heterocycles. The van der Waals surface area contributed by atoms with Gasteiger partial charge in [0.1, 0.15) is 0 Å². The molecule has 6 heteroatoms. The van der Waals surface area contributed by atoms with Crippen LogP contribution in [0.2, 0.25) is 5.02 Å². The fourth-order valence-corrected chi connectivity index (χ4v) is 4.16. The number of rotatable bonds is 5. The molecule has 1 heterocycles. The molecule has 1 unspecified atom stereocenters. The number of nitrogens with zero attached hydrogens (tertiary/aromatic N) is 2. The average molecular weight is 374 g/mol. The summed E-state index contributed by atoms with van der Waals surface area (Å²) in [6.45, 7) is 6.06. The van der Waals surface area contributed by atoms with E-state index in [1.165, 1.54) is 16.7 Å². The summed E-state index contributed by atoms with van der Waals surface area (Å²) in [6, 6.07) is 11.9. The smallest absolute Gasteiger partial charge is 0.236 e. The summed E-state index contributed by atoms with van der Waals surface area (Å²) in [4.78, 5) is 4.29. The van der Waals surface area contributed by atoms with Crippen LogP contribution in [0, 0.1) is 20.8 Å². The zero-order chi connectivity index (χ0) is 18.0. The molecule has 0 bridgehead atoms. The molecule has 0 aliphatic carbocycles. The van der Waals surface area contributed by atoms with E-state index < -0.39 is 0 Å². The van der Waals surface area contributed by atoms with Crippen molar-refractivity contribution in [3.05, 3.63) is 75.4 Å². The van der Waals surface area contributed by atoms with Crippen LogP contribution in [0.1, 0.15) is 39.2 Å². The minimum absolute atomic E-state index is 0.0332. The Balaban J connectivity index is 2.01. The minimum atomic E-state index is 0.0332. The third kappa shape index (κ3) is 3.99. The van der Waals surface area contributed by atoms with Gasteiger partial charge in [-0.1, -0.05) is 35.0 Å². The van der Waals surface area contributed by atoms with Gasteiger partial charge in [-0.05, 0) is 61.2 Å². The number of aryl methyl sites for hydroxylation is 2. The maximum atomic E-state index is 6.27. The molecule has 0 saturated carbocycles. The molecule has 2 N–H and O–H groups in total. The van der Waals surface area contributed by atoms with Crippen LogP contribution in [0.5, 0.6) is 0 Å². The fraction of sp³-hybridized carbons (Fsp3) is 0.263. The van der Waals surface area contributed by atoms with E-state index in [0.29, 0.717) is 22.5 Å². The molecule has 130 valence electrons. The lowest BCUT2D eigenvalue weighted by Gasteiger charge is -2.22. The molecule has 4 nitrogen and oxygen atoms in total. The number of thioether (sulfide) groups is 1. The lowest BCUT2D eigenvalue weighted by Crippen LogP contribution is -2.05. The van der Waals surface area contributed by atoms with Gasteiger partial charge >= 0.3 is 0 Å². The molecule has 2 aromatic carbocycles. The van der Waals surface area contributed by atoms with Crippen molar-refractivity contribution in [3.8, 4) is 0 Å². The van der Waals surface area contributed by atoms with Gasteiger partial charge < -0.3 is 10.3 Å².